The Morgan fingerprint density at radius 2 is 1.76 bits per heavy atom. The lowest BCUT2D eigenvalue weighted by Gasteiger charge is -2.20. The number of benzene rings is 1. The molecular weight excluding hydrogens is 262 g/mol. The quantitative estimate of drug-likeness (QED) is 0.936. The van der Waals surface area contributed by atoms with Crippen molar-refractivity contribution in [2.45, 2.75) is 47.1 Å². The lowest BCUT2D eigenvalue weighted by Crippen LogP contribution is -2.37. The molecule has 1 aromatic carbocycles. The Morgan fingerprint density at radius 3 is 2.33 bits per heavy atom. The van der Waals surface area contributed by atoms with Crippen LogP contribution in [0.25, 0.3) is 11.0 Å². The van der Waals surface area contributed by atoms with E-state index < -0.39 is 0 Å². The van der Waals surface area contributed by atoms with Crippen molar-refractivity contribution >= 4 is 16.9 Å². The first-order valence-corrected chi connectivity index (χ1v) is 7.48. The Labute approximate surface area is 126 Å². The van der Waals surface area contributed by atoms with Gasteiger partial charge in [-0.05, 0) is 44.4 Å². The Morgan fingerprint density at radius 1 is 1.14 bits per heavy atom. The molecule has 1 heterocycles. The van der Waals surface area contributed by atoms with E-state index in [1.165, 1.54) is 0 Å². The topological polar surface area (TPSA) is 54.9 Å². The predicted octanol–water partition coefficient (Wildman–Crippen LogP) is 3.41. The standard InChI is InChI=1S/C17H23N3O/c1-6-14(10(2)3)20-17(21)13-7-8-15-16(9-13)19-12(5)11(4)18-15/h7-10,14H,6H2,1-5H3,(H,20,21). The van der Waals surface area contributed by atoms with Crippen molar-refractivity contribution in [3.8, 4) is 0 Å². The van der Waals surface area contributed by atoms with Crippen LogP contribution in [0.3, 0.4) is 0 Å². The number of nitrogens with one attached hydrogen (secondary N) is 1. The van der Waals surface area contributed by atoms with Crippen LogP contribution in [-0.2, 0) is 0 Å². The third-order valence-corrected chi connectivity index (χ3v) is 3.90. The highest BCUT2D eigenvalue weighted by molar-refractivity contribution is 5.97. The Hall–Kier alpha value is -1.97. The average molecular weight is 285 g/mol. The molecule has 112 valence electrons. The molecule has 0 spiro atoms. The van der Waals surface area contributed by atoms with E-state index in [9.17, 15) is 4.79 Å². The van der Waals surface area contributed by atoms with Gasteiger partial charge in [0, 0.05) is 11.6 Å². The smallest absolute Gasteiger partial charge is 0.251 e. The summed E-state index contributed by atoms with van der Waals surface area (Å²) in [4.78, 5) is 21.4. The maximum atomic E-state index is 12.4. The van der Waals surface area contributed by atoms with Gasteiger partial charge in [-0.15, -0.1) is 0 Å². The molecule has 4 heteroatoms. The third-order valence-electron chi connectivity index (χ3n) is 3.90. The number of aryl methyl sites for hydroxylation is 2. The molecule has 4 nitrogen and oxygen atoms in total. The fourth-order valence-corrected chi connectivity index (χ4v) is 2.36. The minimum atomic E-state index is -0.0440. The lowest BCUT2D eigenvalue weighted by molar-refractivity contribution is 0.0924. The van der Waals surface area contributed by atoms with Gasteiger partial charge in [-0.1, -0.05) is 20.8 Å². The highest BCUT2D eigenvalue weighted by Gasteiger charge is 2.16. The number of rotatable bonds is 4. The van der Waals surface area contributed by atoms with E-state index in [2.05, 4.69) is 36.1 Å². The molecule has 0 bridgehead atoms. The zero-order valence-corrected chi connectivity index (χ0v) is 13.4. The van der Waals surface area contributed by atoms with Gasteiger partial charge in [0.25, 0.3) is 5.91 Å². The molecule has 0 aliphatic rings. The van der Waals surface area contributed by atoms with Crippen LogP contribution in [0.4, 0.5) is 0 Å². The summed E-state index contributed by atoms with van der Waals surface area (Å²) >= 11 is 0. The second-order valence-electron chi connectivity index (χ2n) is 5.83. The predicted molar refractivity (Wildman–Crippen MR) is 85.4 cm³/mol. The number of amides is 1. The second-order valence-corrected chi connectivity index (χ2v) is 5.83. The summed E-state index contributed by atoms with van der Waals surface area (Å²) in [6, 6.07) is 5.68. The van der Waals surface area contributed by atoms with Gasteiger partial charge in [-0.3, -0.25) is 4.79 Å². The van der Waals surface area contributed by atoms with Crippen molar-refractivity contribution in [2.75, 3.05) is 0 Å². The first-order chi connectivity index (χ1) is 9.92. The highest BCUT2D eigenvalue weighted by Crippen LogP contribution is 2.15. The number of carbonyl (C=O) groups excluding carboxylic acids is 1. The lowest BCUT2D eigenvalue weighted by atomic mass is 10.0. The number of carbonyl (C=O) groups is 1. The number of hydrogen-bond acceptors (Lipinski definition) is 3. The number of nitrogens with zero attached hydrogens (tertiary/aromatic N) is 2. The fraction of sp³-hybridized carbons (Fsp3) is 0.471. The fourth-order valence-electron chi connectivity index (χ4n) is 2.36. The Bertz CT molecular complexity index is 664. The second kappa shape index (κ2) is 6.20. The molecule has 1 amide bonds. The van der Waals surface area contributed by atoms with E-state index >= 15 is 0 Å². The van der Waals surface area contributed by atoms with Gasteiger partial charge in [0.1, 0.15) is 0 Å². The van der Waals surface area contributed by atoms with Crippen LogP contribution in [0, 0.1) is 19.8 Å². The molecule has 1 atom stereocenters. The van der Waals surface area contributed by atoms with Gasteiger partial charge in [0.05, 0.1) is 22.4 Å². The van der Waals surface area contributed by atoms with Crippen molar-refractivity contribution in [2.24, 2.45) is 5.92 Å². The summed E-state index contributed by atoms with van der Waals surface area (Å²) in [5, 5.41) is 3.09. The molecule has 2 aromatic rings. The summed E-state index contributed by atoms with van der Waals surface area (Å²) in [5.74, 6) is 0.376. The van der Waals surface area contributed by atoms with Crippen LogP contribution in [0.1, 0.15) is 48.9 Å². The summed E-state index contributed by atoms with van der Waals surface area (Å²) in [6.45, 7) is 10.2. The summed E-state index contributed by atoms with van der Waals surface area (Å²) < 4.78 is 0. The van der Waals surface area contributed by atoms with Crippen LogP contribution in [0.15, 0.2) is 18.2 Å². The molecule has 1 N–H and O–H groups in total. The number of hydrogen-bond donors (Lipinski definition) is 1. The van der Waals surface area contributed by atoms with Gasteiger partial charge < -0.3 is 5.32 Å². The van der Waals surface area contributed by atoms with Crippen molar-refractivity contribution in [3.05, 3.63) is 35.2 Å². The van der Waals surface area contributed by atoms with Crippen LogP contribution in [0.5, 0.6) is 0 Å². The van der Waals surface area contributed by atoms with Gasteiger partial charge in [0.15, 0.2) is 0 Å². The molecule has 0 radical (unpaired) electrons. The van der Waals surface area contributed by atoms with Crippen LogP contribution < -0.4 is 5.32 Å². The Kier molecular flexibility index (Phi) is 4.56. The molecule has 0 saturated carbocycles. The van der Waals surface area contributed by atoms with Gasteiger partial charge in [0.2, 0.25) is 0 Å². The molecule has 0 saturated heterocycles. The van der Waals surface area contributed by atoms with Crippen LogP contribution in [-0.4, -0.2) is 21.9 Å². The molecule has 21 heavy (non-hydrogen) atoms. The average Bonchev–Trinajstić information content (AvgIpc) is 2.44. The zero-order chi connectivity index (χ0) is 15.6. The normalized spacial score (nSPS) is 12.7. The van der Waals surface area contributed by atoms with E-state index in [0.29, 0.717) is 11.5 Å². The maximum Gasteiger partial charge on any atom is 0.251 e. The summed E-state index contributed by atoms with van der Waals surface area (Å²) in [7, 11) is 0. The molecule has 0 aliphatic carbocycles. The molecule has 2 rings (SSSR count). The molecule has 0 fully saturated rings. The maximum absolute atomic E-state index is 12.4. The Balaban J connectivity index is 2.30. The van der Waals surface area contributed by atoms with Gasteiger partial charge >= 0.3 is 0 Å². The molecule has 0 aliphatic heterocycles. The van der Waals surface area contributed by atoms with Crippen molar-refractivity contribution in [3.63, 3.8) is 0 Å². The monoisotopic (exact) mass is 285 g/mol. The van der Waals surface area contributed by atoms with Gasteiger partial charge in [-0.2, -0.15) is 0 Å². The van der Waals surface area contributed by atoms with E-state index in [1.807, 2.05) is 32.0 Å². The van der Waals surface area contributed by atoms with E-state index in [0.717, 1.165) is 28.8 Å². The van der Waals surface area contributed by atoms with Gasteiger partial charge in [-0.25, -0.2) is 9.97 Å². The first-order valence-electron chi connectivity index (χ1n) is 7.48. The number of fused-ring (bicyclic) bond motifs is 1. The highest BCUT2D eigenvalue weighted by atomic mass is 16.1. The number of aromatic nitrogens is 2. The molecular formula is C17H23N3O. The molecule has 1 aromatic heterocycles. The summed E-state index contributed by atoms with van der Waals surface area (Å²) in [6.07, 6.45) is 0.926. The largest absolute Gasteiger partial charge is 0.349 e. The third kappa shape index (κ3) is 3.38. The van der Waals surface area contributed by atoms with Crippen LogP contribution >= 0.6 is 0 Å². The first kappa shape index (κ1) is 15.4. The van der Waals surface area contributed by atoms with Crippen molar-refractivity contribution < 1.29 is 4.79 Å². The van der Waals surface area contributed by atoms with E-state index in [-0.39, 0.29) is 11.9 Å². The van der Waals surface area contributed by atoms with Crippen molar-refractivity contribution in [1.29, 1.82) is 0 Å². The summed E-state index contributed by atoms with van der Waals surface area (Å²) in [5.41, 5.74) is 4.05. The zero-order valence-electron chi connectivity index (χ0n) is 13.4. The minimum Gasteiger partial charge on any atom is -0.349 e. The van der Waals surface area contributed by atoms with Crippen molar-refractivity contribution in [1.82, 2.24) is 15.3 Å². The SMILES string of the molecule is CCC(NC(=O)c1ccc2nc(C)c(C)nc2c1)C(C)C. The van der Waals surface area contributed by atoms with Crippen LogP contribution in [0.2, 0.25) is 0 Å². The van der Waals surface area contributed by atoms with E-state index in [4.69, 9.17) is 0 Å². The molecule has 1 unspecified atom stereocenters. The minimum absolute atomic E-state index is 0.0440. The van der Waals surface area contributed by atoms with E-state index in [1.54, 1.807) is 0 Å².